The summed E-state index contributed by atoms with van der Waals surface area (Å²) in [6.07, 6.45) is 0. The van der Waals surface area contributed by atoms with Gasteiger partial charge in [-0.3, -0.25) is 0 Å². The van der Waals surface area contributed by atoms with Gasteiger partial charge in [0.25, 0.3) is 0 Å². The summed E-state index contributed by atoms with van der Waals surface area (Å²) in [5.41, 5.74) is 2.10. The summed E-state index contributed by atoms with van der Waals surface area (Å²) in [6.45, 7) is 4.25. The summed E-state index contributed by atoms with van der Waals surface area (Å²) in [4.78, 5) is 0. The Hall–Kier alpha value is -1.39. The van der Waals surface area contributed by atoms with Gasteiger partial charge in [0, 0.05) is 16.6 Å². The van der Waals surface area contributed by atoms with Crippen LogP contribution in [0.2, 0.25) is 0 Å². The minimum Gasteiger partial charge on any atom is -0.489 e. The highest BCUT2D eigenvalue weighted by molar-refractivity contribution is 9.10. The topological polar surface area (TPSA) is 21.3 Å². The van der Waals surface area contributed by atoms with Gasteiger partial charge in [0.15, 0.2) is 0 Å². The first-order valence-corrected chi connectivity index (χ1v) is 7.34. The minimum absolute atomic E-state index is 0.256. The average Bonchev–Trinajstić information content (AvgIpc) is 2.45. The Morgan fingerprint density at radius 3 is 2.80 bits per heavy atom. The fraction of sp³-hybridized carbons (Fsp3) is 0.250. The molecule has 0 aliphatic rings. The molecule has 0 fully saturated rings. The van der Waals surface area contributed by atoms with Crippen molar-refractivity contribution < 1.29 is 9.13 Å². The van der Waals surface area contributed by atoms with Gasteiger partial charge < -0.3 is 10.1 Å². The highest BCUT2D eigenvalue weighted by Gasteiger charge is 2.03. The molecule has 0 aliphatic heterocycles. The van der Waals surface area contributed by atoms with E-state index in [1.807, 2.05) is 18.2 Å². The van der Waals surface area contributed by atoms with Gasteiger partial charge in [0.1, 0.15) is 18.2 Å². The molecular weight excluding hydrogens is 321 g/mol. The molecule has 0 aromatic heterocycles. The predicted octanol–water partition coefficient (Wildman–Crippen LogP) is 4.28. The Bertz CT molecular complexity index is 574. The molecule has 2 aromatic rings. The van der Waals surface area contributed by atoms with E-state index in [0.29, 0.717) is 6.61 Å². The zero-order valence-corrected chi connectivity index (χ0v) is 12.9. The van der Waals surface area contributed by atoms with Gasteiger partial charge in [-0.15, -0.1) is 0 Å². The third-order valence-electron chi connectivity index (χ3n) is 2.89. The SMILES string of the molecule is CCNCc1cccc(OCc2ccc(F)cc2Br)c1. The van der Waals surface area contributed by atoms with Crippen molar-refractivity contribution in [1.29, 1.82) is 0 Å². The summed E-state index contributed by atoms with van der Waals surface area (Å²) in [5, 5.41) is 3.28. The van der Waals surface area contributed by atoms with Gasteiger partial charge in [0.05, 0.1) is 0 Å². The lowest BCUT2D eigenvalue weighted by atomic mass is 10.2. The van der Waals surface area contributed by atoms with Crippen molar-refractivity contribution in [2.45, 2.75) is 20.1 Å². The fourth-order valence-electron chi connectivity index (χ4n) is 1.81. The normalized spacial score (nSPS) is 10.6. The van der Waals surface area contributed by atoms with Gasteiger partial charge in [-0.1, -0.05) is 41.1 Å². The van der Waals surface area contributed by atoms with Crippen molar-refractivity contribution in [2.24, 2.45) is 0 Å². The number of hydrogen-bond acceptors (Lipinski definition) is 2. The molecule has 2 aromatic carbocycles. The number of halogens is 2. The van der Waals surface area contributed by atoms with Crippen LogP contribution in [0.25, 0.3) is 0 Å². The van der Waals surface area contributed by atoms with Crippen LogP contribution in [-0.2, 0) is 13.2 Å². The molecule has 0 atom stereocenters. The summed E-state index contributed by atoms with van der Waals surface area (Å²) in [5.74, 6) is 0.560. The van der Waals surface area contributed by atoms with Crippen LogP contribution < -0.4 is 10.1 Å². The third-order valence-corrected chi connectivity index (χ3v) is 3.63. The van der Waals surface area contributed by atoms with Crippen molar-refractivity contribution in [3.8, 4) is 5.75 Å². The first kappa shape index (κ1) is 15.0. The van der Waals surface area contributed by atoms with E-state index in [0.717, 1.165) is 28.9 Å². The van der Waals surface area contributed by atoms with Crippen LogP contribution in [0.1, 0.15) is 18.1 Å². The van der Waals surface area contributed by atoms with Gasteiger partial charge in [-0.05, 0) is 36.4 Å². The maximum absolute atomic E-state index is 13.0. The molecule has 0 bridgehead atoms. The van der Waals surface area contributed by atoms with Crippen LogP contribution in [-0.4, -0.2) is 6.54 Å². The lowest BCUT2D eigenvalue weighted by Gasteiger charge is -2.10. The smallest absolute Gasteiger partial charge is 0.124 e. The second-order valence-corrected chi connectivity index (χ2v) is 5.31. The van der Waals surface area contributed by atoms with Gasteiger partial charge in [0.2, 0.25) is 0 Å². The van der Waals surface area contributed by atoms with Crippen molar-refractivity contribution >= 4 is 15.9 Å². The minimum atomic E-state index is -0.256. The molecule has 0 saturated heterocycles. The third kappa shape index (κ3) is 4.32. The van der Waals surface area contributed by atoms with E-state index in [9.17, 15) is 4.39 Å². The van der Waals surface area contributed by atoms with E-state index < -0.39 is 0 Å². The number of hydrogen-bond donors (Lipinski definition) is 1. The van der Waals surface area contributed by atoms with E-state index in [-0.39, 0.29) is 5.82 Å². The average molecular weight is 338 g/mol. The number of nitrogens with one attached hydrogen (secondary N) is 1. The summed E-state index contributed by atoms with van der Waals surface area (Å²) < 4.78 is 19.5. The van der Waals surface area contributed by atoms with E-state index in [1.165, 1.54) is 17.7 Å². The molecule has 0 amide bonds. The molecule has 2 rings (SSSR count). The van der Waals surface area contributed by atoms with Crippen LogP contribution in [0.15, 0.2) is 46.9 Å². The molecule has 0 heterocycles. The number of benzene rings is 2. The Kier molecular flexibility index (Phi) is 5.56. The van der Waals surface area contributed by atoms with E-state index in [1.54, 1.807) is 6.07 Å². The molecule has 4 heteroatoms. The van der Waals surface area contributed by atoms with Crippen LogP contribution in [0.4, 0.5) is 4.39 Å². The van der Waals surface area contributed by atoms with Crippen LogP contribution >= 0.6 is 15.9 Å². The van der Waals surface area contributed by atoms with Gasteiger partial charge in [-0.2, -0.15) is 0 Å². The van der Waals surface area contributed by atoms with Crippen LogP contribution in [0.3, 0.4) is 0 Å². The number of ether oxygens (including phenoxy) is 1. The molecule has 20 heavy (non-hydrogen) atoms. The van der Waals surface area contributed by atoms with Gasteiger partial charge in [-0.25, -0.2) is 4.39 Å². The second kappa shape index (κ2) is 7.41. The molecule has 0 radical (unpaired) electrons. The first-order valence-electron chi connectivity index (χ1n) is 6.55. The Labute approximate surface area is 127 Å². The Balaban J connectivity index is 1.99. The summed E-state index contributed by atoms with van der Waals surface area (Å²) >= 11 is 3.34. The predicted molar refractivity (Wildman–Crippen MR) is 82.3 cm³/mol. The molecule has 0 unspecified atom stereocenters. The molecule has 0 aliphatic carbocycles. The van der Waals surface area contributed by atoms with E-state index in [2.05, 4.69) is 34.2 Å². The van der Waals surface area contributed by atoms with Crippen molar-refractivity contribution in [2.75, 3.05) is 6.54 Å². The van der Waals surface area contributed by atoms with Crippen molar-refractivity contribution in [3.05, 3.63) is 63.9 Å². The standard InChI is InChI=1S/C16H17BrFNO/c1-2-19-10-12-4-3-5-15(8-12)20-11-13-6-7-14(18)9-16(13)17/h3-9,19H,2,10-11H2,1H3. The maximum atomic E-state index is 13.0. The quantitative estimate of drug-likeness (QED) is 0.849. The summed E-state index contributed by atoms with van der Waals surface area (Å²) in [6, 6.07) is 12.6. The van der Waals surface area contributed by atoms with Crippen LogP contribution in [0.5, 0.6) is 5.75 Å². The van der Waals surface area contributed by atoms with Crippen molar-refractivity contribution in [3.63, 3.8) is 0 Å². The van der Waals surface area contributed by atoms with Crippen molar-refractivity contribution in [1.82, 2.24) is 5.32 Å². The molecule has 0 spiro atoms. The molecule has 2 nitrogen and oxygen atoms in total. The van der Waals surface area contributed by atoms with Crippen LogP contribution in [0, 0.1) is 5.82 Å². The maximum Gasteiger partial charge on any atom is 0.124 e. The van der Waals surface area contributed by atoms with E-state index >= 15 is 0 Å². The monoisotopic (exact) mass is 337 g/mol. The Morgan fingerprint density at radius 2 is 2.05 bits per heavy atom. The molecular formula is C16H17BrFNO. The first-order chi connectivity index (χ1) is 9.69. The lowest BCUT2D eigenvalue weighted by molar-refractivity contribution is 0.305. The Morgan fingerprint density at radius 1 is 1.20 bits per heavy atom. The fourth-order valence-corrected chi connectivity index (χ4v) is 2.28. The lowest BCUT2D eigenvalue weighted by Crippen LogP contribution is -2.11. The molecule has 106 valence electrons. The number of rotatable bonds is 6. The molecule has 0 saturated carbocycles. The van der Waals surface area contributed by atoms with E-state index in [4.69, 9.17) is 4.74 Å². The second-order valence-electron chi connectivity index (χ2n) is 4.45. The zero-order valence-electron chi connectivity index (χ0n) is 11.3. The highest BCUT2D eigenvalue weighted by Crippen LogP contribution is 2.21. The highest BCUT2D eigenvalue weighted by atomic mass is 79.9. The van der Waals surface area contributed by atoms with Gasteiger partial charge >= 0.3 is 0 Å². The zero-order chi connectivity index (χ0) is 14.4. The largest absolute Gasteiger partial charge is 0.489 e. The molecule has 1 N–H and O–H groups in total. The summed E-state index contributed by atoms with van der Waals surface area (Å²) in [7, 11) is 0.